The summed E-state index contributed by atoms with van der Waals surface area (Å²) in [4.78, 5) is 12.0. The molecule has 2 heterocycles. The number of carbonyl (C=O) groups excluding carboxylic acids is 1. The van der Waals surface area contributed by atoms with Crippen molar-refractivity contribution in [2.75, 3.05) is 31.3 Å². The van der Waals surface area contributed by atoms with Crippen molar-refractivity contribution in [3.63, 3.8) is 0 Å². The topological polar surface area (TPSA) is 98.5 Å². The first-order chi connectivity index (χ1) is 8.41. The molecule has 0 saturated carbocycles. The first-order valence-electron chi connectivity index (χ1n) is 6.27. The van der Waals surface area contributed by atoms with Gasteiger partial charge in [-0.2, -0.15) is 0 Å². The van der Waals surface area contributed by atoms with Gasteiger partial charge in [0, 0.05) is 19.8 Å². The molecule has 6 nitrogen and oxygen atoms in total. The Labute approximate surface area is 107 Å². The number of nitrogens with two attached hydrogens (primary N) is 1. The molecule has 1 amide bonds. The van der Waals surface area contributed by atoms with E-state index >= 15 is 0 Å². The van der Waals surface area contributed by atoms with Crippen molar-refractivity contribution in [1.29, 1.82) is 0 Å². The molecule has 0 spiro atoms. The minimum atomic E-state index is -2.89. The monoisotopic (exact) mass is 276 g/mol. The van der Waals surface area contributed by atoms with E-state index < -0.39 is 15.4 Å². The van der Waals surface area contributed by atoms with Crippen molar-refractivity contribution in [2.45, 2.75) is 24.8 Å². The van der Waals surface area contributed by atoms with Gasteiger partial charge in [0.2, 0.25) is 5.91 Å². The molecule has 0 aliphatic carbocycles. The first kappa shape index (κ1) is 13.8. The van der Waals surface area contributed by atoms with Crippen LogP contribution in [0.5, 0.6) is 0 Å². The third-order valence-corrected chi connectivity index (χ3v) is 5.55. The van der Waals surface area contributed by atoms with Crippen molar-refractivity contribution >= 4 is 15.7 Å². The maximum absolute atomic E-state index is 12.0. The Morgan fingerprint density at radius 3 is 2.61 bits per heavy atom. The van der Waals surface area contributed by atoms with Crippen LogP contribution in [0.1, 0.15) is 19.3 Å². The fourth-order valence-electron chi connectivity index (χ4n) is 2.41. The fourth-order valence-corrected chi connectivity index (χ4v) is 4.27. The van der Waals surface area contributed by atoms with E-state index in [0.717, 1.165) is 0 Å². The van der Waals surface area contributed by atoms with Crippen molar-refractivity contribution in [2.24, 2.45) is 11.7 Å². The number of rotatable bonds is 3. The number of amides is 1. The van der Waals surface area contributed by atoms with Crippen molar-refractivity contribution in [1.82, 2.24) is 5.32 Å². The van der Waals surface area contributed by atoms with Gasteiger partial charge in [0.1, 0.15) is 0 Å². The second-order valence-corrected chi connectivity index (χ2v) is 7.48. The molecule has 2 saturated heterocycles. The summed E-state index contributed by atoms with van der Waals surface area (Å²) in [5, 5.41) is 2.79. The maximum Gasteiger partial charge on any atom is 0.240 e. The van der Waals surface area contributed by atoms with Crippen LogP contribution >= 0.6 is 0 Å². The molecule has 0 radical (unpaired) electrons. The highest BCUT2D eigenvalue weighted by atomic mass is 32.2. The van der Waals surface area contributed by atoms with Crippen LogP contribution in [-0.4, -0.2) is 51.1 Å². The summed E-state index contributed by atoms with van der Waals surface area (Å²) < 4.78 is 27.8. The number of sulfone groups is 1. The van der Waals surface area contributed by atoms with Gasteiger partial charge in [-0.25, -0.2) is 8.42 Å². The Bertz CT molecular complexity index is 415. The summed E-state index contributed by atoms with van der Waals surface area (Å²) in [5.41, 5.74) is 5.18. The predicted octanol–water partition coefficient (Wildman–Crippen LogP) is -0.955. The van der Waals surface area contributed by atoms with Crippen LogP contribution in [0.15, 0.2) is 0 Å². The molecule has 0 aromatic heterocycles. The highest BCUT2D eigenvalue weighted by molar-refractivity contribution is 7.91. The van der Waals surface area contributed by atoms with Gasteiger partial charge in [-0.3, -0.25) is 4.79 Å². The van der Waals surface area contributed by atoms with E-state index in [4.69, 9.17) is 10.5 Å². The van der Waals surface area contributed by atoms with E-state index in [-0.39, 0.29) is 23.3 Å². The summed E-state index contributed by atoms with van der Waals surface area (Å²) in [6.45, 7) is 1.40. The minimum absolute atomic E-state index is 0.0300. The number of hydrogen-bond donors (Lipinski definition) is 2. The summed E-state index contributed by atoms with van der Waals surface area (Å²) in [6.07, 6.45) is 1.66. The number of nitrogens with one attached hydrogen (secondary N) is 1. The van der Waals surface area contributed by atoms with Crippen LogP contribution in [0.25, 0.3) is 0 Å². The highest BCUT2D eigenvalue weighted by Gasteiger charge is 2.36. The molecule has 1 atom stereocenters. The quantitative estimate of drug-likeness (QED) is 0.692. The van der Waals surface area contributed by atoms with Crippen molar-refractivity contribution < 1.29 is 17.9 Å². The zero-order chi connectivity index (χ0) is 13.2. The zero-order valence-corrected chi connectivity index (χ0v) is 11.2. The number of carbonyl (C=O) groups is 1. The lowest BCUT2D eigenvalue weighted by molar-refractivity contribution is -0.129. The summed E-state index contributed by atoms with van der Waals surface area (Å²) >= 11 is 0. The van der Waals surface area contributed by atoms with Crippen LogP contribution in [0, 0.1) is 5.92 Å². The molecule has 7 heteroatoms. The van der Waals surface area contributed by atoms with Crippen LogP contribution in [0.4, 0.5) is 0 Å². The third kappa shape index (κ3) is 3.21. The zero-order valence-electron chi connectivity index (χ0n) is 10.4. The van der Waals surface area contributed by atoms with Crippen molar-refractivity contribution in [3.05, 3.63) is 0 Å². The molecule has 0 bridgehead atoms. The Hall–Kier alpha value is -0.660. The molecular formula is C11H20N2O4S. The Morgan fingerprint density at radius 1 is 1.39 bits per heavy atom. The lowest BCUT2D eigenvalue weighted by Crippen LogP contribution is -2.57. The molecule has 18 heavy (non-hydrogen) atoms. The van der Waals surface area contributed by atoms with Gasteiger partial charge >= 0.3 is 0 Å². The first-order valence-corrected chi connectivity index (χ1v) is 8.09. The van der Waals surface area contributed by atoms with Gasteiger partial charge in [-0.05, 0) is 25.2 Å². The molecule has 0 aromatic carbocycles. The summed E-state index contributed by atoms with van der Waals surface area (Å²) in [5.74, 6) is 0.251. The highest BCUT2D eigenvalue weighted by Crippen LogP contribution is 2.20. The number of hydrogen-bond acceptors (Lipinski definition) is 5. The van der Waals surface area contributed by atoms with Gasteiger partial charge in [0.05, 0.1) is 17.0 Å². The van der Waals surface area contributed by atoms with Crippen LogP contribution < -0.4 is 11.1 Å². The van der Waals surface area contributed by atoms with E-state index in [0.29, 0.717) is 39.0 Å². The van der Waals surface area contributed by atoms with Gasteiger partial charge in [-0.15, -0.1) is 0 Å². The van der Waals surface area contributed by atoms with E-state index in [1.54, 1.807) is 0 Å². The average Bonchev–Trinajstić information content (AvgIpc) is 2.67. The van der Waals surface area contributed by atoms with E-state index in [2.05, 4.69) is 5.32 Å². The smallest absolute Gasteiger partial charge is 0.240 e. The number of ether oxygens (including phenoxy) is 1. The normalized spacial score (nSPS) is 29.9. The molecular weight excluding hydrogens is 256 g/mol. The van der Waals surface area contributed by atoms with E-state index in [9.17, 15) is 13.2 Å². The largest absolute Gasteiger partial charge is 0.381 e. The lowest BCUT2D eigenvalue weighted by atomic mass is 9.90. The SMILES string of the molecule is NC1(C(=O)NCC2CCS(=O)(=O)C2)CCOCC1. The second kappa shape index (κ2) is 5.14. The van der Waals surface area contributed by atoms with Crippen molar-refractivity contribution in [3.8, 4) is 0 Å². The third-order valence-electron chi connectivity index (χ3n) is 3.72. The molecule has 2 aliphatic heterocycles. The van der Waals surface area contributed by atoms with Crippen LogP contribution in [0.2, 0.25) is 0 Å². The Morgan fingerprint density at radius 2 is 2.06 bits per heavy atom. The van der Waals surface area contributed by atoms with Gasteiger partial charge in [0.15, 0.2) is 9.84 Å². The lowest BCUT2D eigenvalue weighted by Gasteiger charge is -2.32. The van der Waals surface area contributed by atoms with E-state index in [1.165, 1.54) is 0 Å². The van der Waals surface area contributed by atoms with Gasteiger partial charge < -0.3 is 15.8 Å². The molecule has 2 rings (SSSR count). The molecule has 3 N–H and O–H groups in total. The Kier molecular flexibility index (Phi) is 3.93. The molecule has 0 aromatic rings. The molecule has 1 unspecified atom stereocenters. The fraction of sp³-hybridized carbons (Fsp3) is 0.909. The van der Waals surface area contributed by atoms with Crippen LogP contribution in [0.3, 0.4) is 0 Å². The van der Waals surface area contributed by atoms with Gasteiger partial charge in [-0.1, -0.05) is 0 Å². The molecule has 2 aliphatic rings. The summed E-state index contributed by atoms with van der Waals surface area (Å²) in [6, 6.07) is 0. The molecule has 2 fully saturated rings. The standard InChI is InChI=1S/C11H20N2O4S/c12-11(2-4-17-5-3-11)10(14)13-7-9-1-6-18(15,16)8-9/h9H,1-8,12H2,(H,13,14). The Balaban J connectivity index is 1.81. The molecule has 104 valence electrons. The second-order valence-electron chi connectivity index (χ2n) is 5.25. The average molecular weight is 276 g/mol. The summed E-state index contributed by atoms with van der Waals surface area (Å²) in [7, 11) is -2.89. The minimum Gasteiger partial charge on any atom is -0.381 e. The van der Waals surface area contributed by atoms with Crippen LogP contribution in [-0.2, 0) is 19.4 Å². The predicted molar refractivity (Wildman–Crippen MR) is 66.7 cm³/mol. The van der Waals surface area contributed by atoms with E-state index in [1.807, 2.05) is 0 Å². The maximum atomic E-state index is 12.0. The van der Waals surface area contributed by atoms with Gasteiger partial charge in [0.25, 0.3) is 0 Å².